The van der Waals surface area contributed by atoms with Gasteiger partial charge in [0.1, 0.15) is 0 Å². The number of imide groups is 1. The van der Waals surface area contributed by atoms with Gasteiger partial charge in [-0.05, 0) is 31.3 Å². The van der Waals surface area contributed by atoms with Crippen LogP contribution in [-0.4, -0.2) is 45.9 Å². The molecule has 2 aromatic carbocycles. The van der Waals surface area contributed by atoms with E-state index in [2.05, 4.69) is 33.6 Å². The average molecular weight is 442 g/mol. The van der Waals surface area contributed by atoms with Gasteiger partial charge in [-0.15, -0.1) is 0 Å². The predicted molar refractivity (Wildman–Crippen MR) is 132 cm³/mol. The van der Waals surface area contributed by atoms with Gasteiger partial charge in [-0.1, -0.05) is 38.1 Å². The van der Waals surface area contributed by atoms with Crippen LogP contribution < -0.4 is 11.1 Å². The number of aromatic nitrogens is 2. The number of para-hydroxylation sites is 1. The fourth-order valence-electron chi connectivity index (χ4n) is 4.73. The van der Waals surface area contributed by atoms with Crippen LogP contribution in [0.2, 0.25) is 0 Å². The number of benzene rings is 2. The summed E-state index contributed by atoms with van der Waals surface area (Å²) in [5.74, 6) is -0.751. The van der Waals surface area contributed by atoms with Gasteiger partial charge >= 0.3 is 0 Å². The molecule has 168 valence electrons. The number of fused-ring (bicyclic) bond motifs is 2. The largest absolute Gasteiger partial charge is 0.399 e. The second-order valence-corrected chi connectivity index (χ2v) is 8.32. The molecule has 0 fully saturated rings. The second kappa shape index (κ2) is 8.26. The zero-order valence-corrected chi connectivity index (χ0v) is 18.8. The molecular formula is C26H27N5O2. The van der Waals surface area contributed by atoms with Gasteiger partial charge in [0, 0.05) is 58.6 Å². The summed E-state index contributed by atoms with van der Waals surface area (Å²) in [5.41, 5.74) is 10.9. The molecule has 1 aliphatic rings. The van der Waals surface area contributed by atoms with Crippen LogP contribution in [0.5, 0.6) is 0 Å². The Morgan fingerprint density at radius 2 is 1.67 bits per heavy atom. The summed E-state index contributed by atoms with van der Waals surface area (Å²) in [4.78, 5) is 31.6. The highest BCUT2D eigenvalue weighted by atomic mass is 16.2. The molecule has 2 amide bonds. The number of hydrogen-bond acceptors (Lipinski definition) is 4. The van der Waals surface area contributed by atoms with Crippen molar-refractivity contribution in [1.29, 1.82) is 0 Å². The first-order chi connectivity index (χ1) is 16.0. The third-order valence-corrected chi connectivity index (χ3v) is 6.52. The van der Waals surface area contributed by atoms with E-state index in [1.165, 1.54) is 0 Å². The maximum atomic E-state index is 13.1. The van der Waals surface area contributed by atoms with E-state index in [9.17, 15) is 9.59 Å². The van der Waals surface area contributed by atoms with E-state index in [1.807, 2.05) is 48.7 Å². The van der Waals surface area contributed by atoms with E-state index in [4.69, 9.17) is 5.73 Å². The molecule has 0 bridgehead atoms. The lowest BCUT2D eigenvalue weighted by Gasteiger charge is -2.18. The number of carbonyl (C=O) groups is 2. The lowest BCUT2D eigenvalue weighted by molar-refractivity contribution is -0.122. The molecule has 3 heterocycles. The average Bonchev–Trinajstić information content (AvgIpc) is 3.47. The van der Waals surface area contributed by atoms with Crippen LogP contribution in [0.15, 0.2) is 54.9 Å². The topological polar surface area (TPSA) is 96.1 Å². The number of nitrogens with two attached hydrogens (primary N) is 1. The minimum absolute atomic E-state index is 0.375. The molecule has 4 N–H and O–H groups in total. The molecule has 7 nitrogen and oxygen atoms in total. The van der Waals surface area contributed by atoms with Gasteiger partial charge in [-0.2, -0.15) is 0 Å². The Hall–Kier alpha value is -3.84. The number of likely N-dealkylation sites (N-methyl/N-ethyl adjacent to an activating group) is 1. The van der Waals surface area contributed by atoms with Crippen LogP contribution in [0, 0.1) is 0 Å². The molecule has 0 unspecified atom stereocenters. The zero-order chi connectivity index (χ0) is 23.1. The number of rotatable bonds is 7. The highest BCUT2D eigenvalue weighted by Crippen LogP contribution is 2.38. The van der Waals surface area contributed by atoms with E-state index < -0.39 is 0 Å². The monoisotopic (exact) mass is 441 g/mol. The highest BCUT2D eigenvalue weighted by Gasteiger charge is 2.35. The summed E-state index contributed by atoms with van der Waals surface area (Å²) >= 11 is 0. The van der Waals surface area contributed by atoms with Crippen LogP contribution in [0.1, 0.15) is 25.0 Å². The van der Waals surface area contributed by atoms with E-state index in [-0.39, 0.29) is 11.8 Å². The number of aromatic amines is 1. The maximum absolute atomic E-state index is 13.1. The van der Waals surface area contributed by atoms with Crippen LogP contribution in [0.3, 0.4) is 0 Å². The summed E-state index contributed by atoms with van der Waals surface area (Å²) < 4.78 is 2.13. The Labute approximate surface area is 191 Å². The van der Waals surface area contributed by atoms with Crippen molar-refractivity contribution in [1.82, 2.24) is 19.8 Å². The molecule has 0 aliphatic carbocycles. The molecule has 33 heavy (non-hydrogen) atoms. The smallest absolute Gasteiger partial charge is 0.259 e. The predicted octanol–water partition coefficient (Wildman–Crippen LogP) is 3.61. The number of amides is 2. The number of nitrogens with one attached hydrogen (secondary N) is 2. The van der Waals surface area contributed by atoms with Crippen LogP contribution in [-0.2, 0) is 16.1 Å². The summed E-state index contributed by atoms with van der Waals surface area (Å²) in [6.07, 6.45) is 3.78. The number of hydrogen-bond donors (Lipinski definition) is 3. The highest BCUT2D eigenvalue weighted by molar-refractivity contribution is 6.50. The number of nitrogens with zero attached hydrogens (tertiary/aromatic N) is 2. The van der Waals surface area contributed by atoms with Crippen molar-refractivity contribution in [3.8, 4) is 0 Å². The number of H-pyrrole nitrogens is 1. The second-order valence-electron chi connectivity index (χ2n) is 8.32. The molecule has 0 spiro atoms. The minimum Gasteiger partial charge on any atom is -0.399 e. The molecule has 5 rings (SSSR count). The molecule has 0 atom stereocenters. The number of nitrogen functional groups attached to an aromatic ring is 1. The van der Waals surface area contributed by atoms with Crippen molar-refractivity contribution in [2.45, 2.75) is 20.4 Å². The first-order valence-electron chi connectivity index (χ1n) is 11.3. The third kappa shape index (κ3) is 3.50. The van der Waals surface area contributed by atoms with E-state index in [0.29, 0.717) is 16.8 Å². The van der Waals surface area contributed by atoms with E-state index in [0.717, 1.165) is 59.1 Å². The molecule has 0 saturated heterocycles. The van der Waals surface area contributed by atoms with Gasteiger partial charge in [0.15, 0.2) is 0 Å². The fraction of sp³-hybridized carbons (Fsp3) is 0.231. The third-order valence-electron chi connectivity index (χ3n) is 6.52. The molecule has 7 heteroatoms. The Morgan fingerprint density at radius 1 is 0.939 bits per heavy atom. The van der Waals surface area contributed by atoms with Crippen LogP contribution in [0.4, 0.5) is 5.69 Å². The normalized spacial score (nSPS) is 14.3. The Bertz CT molecular complexity index is 1420. The minimum atomic E-state index is -0.376. The SMILES string of the molecule is CCN(CC)CCn1cc(C2=C(c3c[nH]c4ccccc34)C(=O)NC2=O)c2ccc(N)cc21. The van der Waals surface area contributed by atoms with Gasteiger partial charge in [-0.3, -0.25) is 14.9 Å². The van der Waals surface area contributed by atoms with Crippen molar-refractivity contribution in [3.05, 3.63) is 66.0 Å². The quantitative estimate of drug-likeness (QED) is 0.302. The zero-order valence-electron chi connectivity index (χ0n) is 18.8. The van der Waals surface area contributed by atoms with Crippen LogP contribution >= 0.6 is 0 Å². The molecule has 4 aromatic rings. The summed E-state index contributed by atoms with van der Waals surface area (Å²) in [6, 6.07) is 13.5. The van der Waals surface area contributed by atoms with Gasteiger partial charge < -0.3 is 20.2 Å². The van der Waals surface area contributed by atoms with Gasteiger partial charge in [0.2, 0.25) is 0 Å². The van der Waals surface area contributed by atoms with Gasteiger partial charge in [0.05, 0.1) is 16.7 Å². The summed E-state index contributed by atoms with van der Waals surface area (Å²) in [6.45, 7) is 7.87. The van der Waals surface area contributed by atoms with Crippen molar-refractivity contribution in [2.24, 2.45) is 0 Å². The van der Waals surface area contributed by atoms with E-state index in [1.54, 1.807) is 6.20 Å². The lowest BCUT2D eigenvalue weighted by atomic mass is 9.95. The molecule has 1 aliphatic heterocycles. The van der Waals surface area contributed by atoms with E-state index >= 15 is 0 Å². The van der Waals surface area contributed by atoms with Gasteiger partial charge in [0.25, 0.3) is 11.8 Å². The summed E-state index contributed by atoms with van der Waals surface area (Å²) in [5, 5.41) is 4.32. The van der Waals surface area contributed by atoms with Crippen molar-refractivity contribution in [2.75, 3.05) is 25.4 Å². The van der Waals surface area contributed by atoms with Crippen molar-refractivity contribution < 1.29 is 9.59 Å². The Kier molecular flexibility index (Phi) is 5.26. The van der Waals surface area contributed by atoms with Crippen LogP contribution in [0.25, 0.3) is 33.0 Å². The number of anilines is 1. The molecule has 2 aromatic heterocycles. The fourth-order valence-corrected chi connectivity index (χ4v) is 4.73. The molecular weight excluding hydrogens is 414 g/mol. The Morgan fingerprint density at radius 3 is 2.42 bits per heavy atom. The first-order valence-corrected chi connectivity index (χ1v) is 11.3. The summed E-state index contributed by atoms with van der Waals surface area (Å²) in [7, 11) is 0. The lowest BCUT2D eigenvalue weighted by Crippen LogP contribution is -2.26. The first kappa shape index (κ1) is 21.0. The number of carbonyl (C=O) groups excluding carboxylic acids is 2. The van der Waals surface area contributed by atoms with Crippen molar-refractivity contribution >= 4 is 50.5 Å². The molecule has 0 saturated carbocycles. The van der Waals surface area contributed by atoms with Gasteiger partial charge in [-0.25, -0.2) is 0 Å². The maximum Gasteiger partial charge on any atom is 0.259 e. The standard InChI is InChI=1S/C26H27N5O2/c1-3-30(4-2)11-12-31-15-20(18-10-9-16(27)13-22(18)31)24-23(25(32)29-26(24)33)19-14-28-21-8-6-5-7-17(19)21/h5-10,13-15,28H,3-4,11-12,27H2,1-2H3,(H,29,32,33). The Balaban J connectivity index is 1.71. The molecule has 0 radical (unpaired) electrons. The van der Waals surface area contributed by atoms with Crippen molar-refractivity contribution in [3.63, 3.8) is 0 Å².